The van der Waals surface area contributed by atoms with Gasteiger partial charge < -0.3 is 36.2 Å². The maximum atomic E-state index is 14.1. The molecule has 0 fully saturated rings. The molecule has 2 aromatic rings. The molecule has 4 amide bonds. The predicted octanol–water partition coefficient (Wildman–Crippen LogP) is 2.10. The second-order valence-electron chi connectivity index (χ2n) is 13.4. The fourth-order valence-electron chi connectivity index (χ4n) is 5.59. The zero-order chi connectivity index (χ0) is 40.0. The summed E-state index contributed by atoms with van der Waals surface area (Å²) in [5, 5.41) is 28.8. The first kappa shape index (κ1) is 42.7. The summed E-state index contributed by atoms with van der Waals surface area (Å²) >= 11 is 0. The van der Waals surface area contributed by atoms with Crippen molar-refractivity contribution in [2.45, 2.75) is 89.4 Å². The van der Waals surface area contributed by atoms with Crippen LogP contribution in [0, 0.1) is 23.7 Å². The van der Waals surface area contributed by atoms with Crippen molar-refractivity contribution in [1.29, 1.82) is 0 Å². The van der Waals surface area contributed by atoms with Crippen LogP contribution < -0.4 is 21.3 Å². The number of amides is 4. The van der Waals surface area contributed by atoms with Crippen LogP contribution in [-0.4, -0.2) is 83.8 Å². The van der Waals surface area contributed by atoms with Crippen molar-refractivity contribution < 1.29 is 52.1 Å². The van der Waals surface area contributed by atoms with Gasteiger partial charge in [-0.25, -0.2) is 18.0 Å². The summed E-state index contributed by atoms with van der Waals surface area (Å²) in [6.45, 7) is 6.05. The van der Waals surface area contributed by atoms with Gasteiger partial charge in [-0.3, -0.25) is 19.2 Å². The summed E-state index contributed by atoms with van der Waals surface area (Å²) in [7, 11) is -3.72. The van der Waals surface area contributed by atoms with E-state index in [2.05, 4.69) is 27.2 Å². The number of carboxylic acid groups (broad SMARTS) is 2. The van der Waals surface area contributed by atoms with Gasteiger partial charge in [-0.05, 0) is 55.2 Å². The van der Waals surface area contributed by atoms with Gasteiger partial charge in [0.15, 0.2) is 9.84 Å². The van der Waals surface area contributed by atoms with Crippen LogP contribution >= 0.6 is 0 Å². The largest absolute Gasteiger partial charge is 0.481 e. The Morgan fingerprint density at radius 2 is 1.44 bits per heavy atom. The minimum atomic E-state index is -3.72. The van der Waals surface area contributed by atoms with E-state index >= 15 is 0 Å². The van der Waals surface area contributed by atoms with E-state index in [1.54, 1.807) is 44.2 Å². The molecule has 16 heteroatoms. The molecule has 15 nitrogen and oxygen atoms in total. The van der Waals surface area contributed by atoms with Gasteiger partial charge in [-0.2, -0.15) is 0 Å². The van der Waals surface area contributed by atoms with Crippen molar-refractivity contribution in [2.75, 3.05) is 0 Å². The summed E-state index contributed by atoms with van der Waals surface area (Å²) in [4.78, 5) is 76.9. The lowest BCUT2D eigenvalue weighted by Crippen LogP contribution is -2.60. The molecule has 0 heterocycles. The quantitative estimate of drug-likeness (QED) is 0.128. The lowest BCUT2D eigenvalue weighted by atomic mass is 9.93. The Morgan fingerprint density at radius 3 is 2.00 bits per heavy atom. The lowest BCUT2D eigenvalue weighted by Gasteiger charge is -2.30. The number of alkyl carbamates (subject to hydrolysis) is 1. The fraction of sp³-hybridized carbons (Fsp3) is 0.421. The third-order valence-electron chi connectivity index (χ3n) is 8.58. The Kier molecular flexibility index (Phi) is 15.8. The maximum absolute atomic E-state index is 14.1. The van der Waals surface area contributed by atoms with Crippen LogP contribution in [0.4, 0.5) is 4.79 Å². The second kappa shape index (κ2) is 20.0. The van der Waals surface area contributed by atoms with Gasteiger partial charge in [0, 0.05) is 17.7 Å². The molecule has 4 atom stereocenters. The normalized spacial score (nSPS) is 14.9. The molecule has 6 N–H and O–H groups in total. The maximum Gasteiger partial charge on any atom is 0.408 e. The third-order valence-corrected chi connectivity index (χ3v) is 10.4. The minimum Gasteiger partial charge on any atom is -0.481 e. The standard InChI is InChI=1S/C38H46N4O11S/c1-23(2)33(36(48)39-29(21-32(45)46)17-18-54(51,52)24(3)4)41-37(49)34(28-19-26-13-8-9-14-27(26)20-28)42-35(47)30(15-10-16-31(43)44)40-38(50)53-22-25-11-6-5-7-12-25/h5-9,11-14,17-18,23-24,28-30,33-34H,15,19-22H2,1-4H3,(H,39,48)(H,40,50)(H,41,49)(H,42,47)(H,43,44)(H,45,46)/b18-17+/t29-,30+,33?,34+/m1/s1. The van der Waals surface area contributed by atoms with Crippen molar-refractivity contribution >= 4 is 45.6 Å². The topological polar surface area (TPSA) is 234 Å². The SMILES string of the molecule is CC(C)C(NC(=O)[C@@H](NC(=O)[C@H](CC#CC(=O)O)NC(=O)OCc1ccccc1)C1Cc2ccccc2C1)C(=O)N[C@H](/C=C/S(=O)(=O)C(C)C)CC(=O)O. The monoisotopic (exact) mass is 766 g/mol. The van der Waals surface area contributed by atoms with Gasteiger partial charge in [-0.1, -0.05) is 80.4 Å². The number of rotatable bonds is 17. The molecule has 0 spiro atoms. The molecule has 1 aliphatic rings. The highest BCUT2D eigenvalue weighted by Gasteiger charge is 2.38. The highest BCUT2D eigenvalue weighted by molar-refractivity contribution is 7.94. The number of carbonyl (C=O) groups excluding carboxylic acids is 4. The van der Waals surface area contributed by atoms with Gasteiger partial charge in [0.1, 0.15) is 24.7 Å². The second-order valence-corrected chi connectivity index (χ2v) is 15.8. The molecule has 0 saturated heterocycles. The molecule has 0 bridgehead atoms. The van der Waals surface area contributed by atoms with Crippen LogP contribution in [0.15, 0.2) is 66.1 Å². The van der Waals surface area contributed by atoms with E-state index in [9.17, 15) is 42.3 Å². The minimum absolute atomic E-state index is 0.123. The summed E-state index contributed by atoms with van der Waals surface area (Å²) in [6.07, 6.45) is -0.254. The number of aliphatic carboxylic acids is 2. The first-order valence-corrected chi connectivity index (χ1v) is 18.9. The first-order valence-electron chi connectivity index (χ1n) is 17.3. The van der Waals surface area contributed by atoms with Crippen molar-refractivity contribution in [2.24, 2.45) is 11.8 Å². The summed E-state index contributed by atoms with van der Waals surface area (Å²) < 4.78 is 29.9. The van der Waals surface area contributed by atoms with Crippen LogP contribution in [0.25, 0.3) is 0 Å². The van der Waals surface area contributed by atoms with E-state index in [0.717, 1.165) is 22.6 Å². The Morgan fingerprint density at radius 1 is 0.833 bits per heavy atom. The van der Waals surface area contributed by atoms with Crippen molar-refractivity contribution in [3.63, 3.8) is 0 Å². The van der Waals surface area contributed by atoms with Crippen LogP contribution in [0.1, 0.15) is 57.2 Å². The molecule has 290 valence electrons. The summed E-state index contributed by atoms with van der Waals surface area (Å²) in [5.74, 6) is -2.02. The lowest BCUT2D eigenvalue weighted by molar-refractivity contribution is -0.138. The number of carbonyl (C=O) groups is 6. The Hall–Kier alpha value is -5.69. The average molecular weight is 767 g/mol. The number of ether oxygens (including phenoxy) is 1. The molecule has 1 unspecified atom stereocenters. The molecule has 3 rings (SSSR count). The zero-order valence-electron chi connectivity index (χ0n) is 30.4. The molecule has 0 saturated carbocycles. The molecule has 0 radical (unpaired) electrons. The summed E-state index contributed by atoms with van der Waals surface area (Å²) in [6, 6.07) is 11.0. The molecule has 2 aromatic carbocycles. The highest BCUT2D eigenvalue weighted by Crippen LogP contribution is 2.29. The number of fused-ring (bicyclic) bond motifs is 1. The van der Waals surface area contributed by atoms with Gasteiger partial charge in [0.2, 0.25) is 17.7 Å². The van der Waals surface area contributed by atoms with Crippen LogP contribution in [0.3, 0.4) is 0 Å². The van der Waals surface area contributed by atoms with Gasteiger partial charge >= 0.3 is 18.0 Å². The Bertz CT molecular complexity index is 1860. The number of benzene rings is 2. The number of carboxylic acids is 2. The Balaban J connectivity index is 1.87. The average Bonchev–Trinajstić information content (AvgIpc) is 3.54. The van der Waals surface area contributed by atoms with Gasteiger partial charge in [0.05, 0.1) is 17.7 Å². The smallest absolute Gasteiger partial charge is 0.408 e. The molecule has 54 heavy (non-hydrogen) atoms. The number of hydrogen-bond donors (Lipinski definition) is 6. The predicted molar refractivity (Wildman–Crippen MR) is 197 cm³/mol. The van der Waals surface area contributed by atoms with Crippen LogP contribution in [-0.2, 0) is 58.0 Å². The van der Waals surface area contributed by atoms with E-state index < -0.39 is 99.7 Å². The first-order chi connectivity index (χ1) is 25.5. The molecular formula is C38H46N4O11S. The van der Waals surface area contributed by atoms with E-state index in [1.165, 1.54) is 13.8 Å². The number of hydrogen-bond acceptors (Lipinski definition) is 9. The summed E-state index contributed by atoms with van der Waals surface area (Å²) in [5.41, 5.74) is 2.56. The molecule has 1 aliphatic carbocycles. The van der Waals surface area contributed by atoms with Crippen molar-refractivity contribution in [3.05, 3.63) is 82.8 Å². The molecule has 0 aromatic heterocycles. The number of nitrogens with one attached hydrogen (secondary N) is 4. The molecule has 0 aliphatic heterocycles. The van der Waals surface area contributed by atoms with Gasteiger partial charge in [0.25, 0.3) is 0 Å². The van der Waals surface area contributed by atoms with Crippen LogP contribution in [0.5, 0.6) is 0 Å². The van der Waals surface area contributed by atoms with E-state index in [0.29, 0.717) is 18.4 Å². The zero-order valence-corrected chi connectivity index (χ0v) is 31.2. The number of sulfone groups is 1. The van der Waals surface area contributed by atoms with Crippen molar-refractivity contribution in [3.8, 4) is 11.8 Å². The van der Waals surface area contributed by atoms with E-state index in [-0.39, 0.29) is 6.61 Å². The fourth-order valence-corrected chi connectivity index (χ4v) is 6.32. The van der Waals surface area contributed by atoms with Gasteiger partial charge in [-0.15, -0.1) is 0 Å². The van der Waals surface area contributed by atoms with E-state index in [1.807, 2.05) is 30.2 Å². The van der Waals surface area contributed by atoms with Crippen LogP contribution in [0.2, 0.25) is 0 Å². The third kappa shape index (κ3) is 13.4. The van der Waals surface area contributed by atoms with Crippen molar-refractivity contribution in [1.82, 2.24) is 21.3 Å². The Labute approximate surface area is 314 Å². The highest BCUT2D eigenvalue weighted by atomic mass is 32.2. The molecular weight excluding hydrogens is 721 g/mol. The van der Waals surface area contributed by atoms with E-state index in [4.69, 9.17) is 9.84 Å².